The smallest absolute Gasteiger partial charge is 0.335 e. The van der Waals surface area contributed by atoms with Gasteiger partial charge in [-0.25, -0.2) is 4.79 Å². The zero-order chi connectivity index (χ0) is 12.3. The van der Waals surface area contributed by atoms with Crippen LogP contribution in [0.3, 0.4) is 0 Å². The molecule has 0 aromatic rings. The fourth-order valence-corrected chi connectivity index (χ4v) is 1.96. The molecule has 16 heavy (non-hydrogen) atoms. The Morgan fingerprint density at radius 3 is 2.50 bits per heavy atom. The number of urea groups is 1. The van der Waals surface area contributed by atoms with Crippen molar-refractivity contribution in [2.24, 2.45) is 5.92 Å². The normalized spacial score (nSPS) is 25.6. The molecule has 0 aliphatic heterocycles. The van der Waals surface area contributed by atoms with Gasteiger partial charge >= 0.3 is 12.2 Å². The molecule has 94 valence electrons. The van der Waals surface area contributed by atoms with Crippen molar-refractivity contribution < 1.29 is 18.0 Å². The molecule has 0 aromatic heterocycles. The summed E-state index contributed by atoms with van der Waals surface area (Å²) < 4.78 is 36.1. The number of nitrogens with one attached hydrogen (secondary N) is 1. The lowest BCUT2D eigenvalue weighted by molar-refractivity contribution is -0.137. The summed E-state index contributed by atoms with van der Waals surface area (Å²) in [4.78, 5) is 12.1. The number of halogens is 3. The minimum Gasteiger partial charge on any atom is -0.335 e. The number of carbonyl (C=O) groups excluding carboxylic acids is 1. The SMILES string of the molecule is CC1CCC(NC(=O)N(C)CC(F)(F)F)C1. The van der Waals surface area contributed by atoms with Crippen molar-refractivity contribution in [3.05, 3.63) is 0 Å². The summed E-state index contributed by atoms with van der Waals surface area (Å²) >= 11 is 0. The molecule has 0 bridgehead atoms. The Kier molecular flexibility index (Phi) is 4.04. The van der Waals surface area contributed by atoms with Crippen LogP contribution in [0.2, 0.25) is 0 Å². The molecule has 6 heteroatoms. The summed E-state index contributed by atoms with van der Waals surface area (Å²) in [5, 5.41) is 2.62. The van der Waals surface area contributed by atoms with Gasteiger partial charge in [0.2, 0.25) is 0 Å². The number of alkyl halides is 3. The van der Waals surface area contributed by atoms with E-state index in [0.717, 1.165) is 26.3 Å². The highest BCUT2D eigenvalue weighted by molar-refractivity contribution is 5.74. The molecule has 2 amide bonds. The first-order valence-electron chi connectivity index (χ1n) is 5.36. The zero-order valence-electron chi connectivity index (χ0n) is 9.47. The molecule has 0 saturated heterocycles. The molecule has 1 aliphatic carbocycles. The minimum atomic E-state index is -4.34. The molecule has 1 rings (SSSR count). The van der Waals surface area contributed by atoms with Crippen LogP contribution in [0.25, 0.3) is 0 Å². The molecule has 0 radical (unpaired) electrons. The summed E-state index contributed by atoms with van der Waals surface area (Å²) in [6.45, 7) is 0.868. The van der Waals surface area contributed by atoms with Crippen LogP contribution in [0.1, 0.15) is 26.2 Å². The number of hydrogen-bond acceptors (Lipinski definition) is 1. The largest absolute Gasteiger partial charge is 0.406 e. The number of rotatable bonds is 2. The van der Waals surface area contributed by atoms with E-state index in [0.29, 0.717) is 10.8 Å². The summed E-state index contributed by atoms with van der Waals surface area (Å²) in [5.41, 5.74) is 0. The molecular weight excluding hydrogens is 221 g/mol. The molecule has 1 N–H and O–H groups in total. The second kappa shape index (κ2) is 4.93. The maximum Gasteiger partial charge on any atom is 0.406 e. The molecule has 0 aromatic carbocycles. The second-order valence-electron chi connectivity index (χ2n) is 4.54. The lowest BCUT2D eigenvalue weighted by Crippen LogP contribution is -2.45. The summed E-state index contributed by atoms with van der Waals surface area (Å²) in [5.74, 6) is 0.540. The summed E-state index contributed by atoms with van der Waals surface area (Å²) in [7, 11) is 1.15. The molecule has 0 heterocycles. The maximum atomic E-state index is 12.0. The number of nitrogens with zero attached hydrogens (tertiary/aromatic N) is 1. The van der Waals surface area contributed by atoms with E-state index in [9.17, 15) is 18.0 Å². The highest BCUT2D eigenvalue weighted by Crippen LogP contribution is 2.24. The Morgan fingerprint density at radius 1 is 1.44 bits per heavy atom. The van der Waals surface area contributed by atoms with Crippen molar-refractivity contribution in [3.8, 4) is 0 Å². The number of amides is 2. The second-order valence-corrected chi connectivity index (χ2v) is 4.54. The van der Waals surface area contributed by atoms with E-state index in [1.54, 1.807) is 0 Å². The van der Waals surface area contributed by atoms with E-state index < -0.39 is 18.8 Å². The van der Waals surface area contributed by atoms with E-state index >= 15 is 0 Å². The average molecular weight is 238 g/mol. The van der Waals surface area contributed by atoms with E-state index in [1.165, 1.54) is 0 Å². The highest BCUT2D eigenvalue weighted by atomic mass is 19.4. The Balaban J connectivity index is 2.34. The van der Waals surface area contributed by atoms with Crippen molar-refractivity contribution in [1.29, 1.82) is 0 Å². The van der Waals surface area contributed by atoms with Crippen molar-refractivity contribution in [3.63, 3.8) is 0 Å². The lowest BCUT2D eigenvalue weighted by Gasteiger charge is -2.22. The highest BCUT2D eigenvalue weighted by Gasteiger charge is 2.32. The van der Waals surface area contributed by atoms with Gasteiger partial charge in [-0.2, -0.15) is 13.2 Å². The molecule has 2 atom stereocenters. The van der Waals surface area contributed by atoms with Crippen molar-refractivity contribution >= 4 is 6.03 Å². The fraction of sp³-hybridized carbons (Fsp3) is 0.900. The van der Waals surface area contributed by atoms with Gasteiger partial charge in [0.05, 0.1) is 0 Å². The van der Waals surface area contributed by atoms with Crippen molar-refractivity contribution in [2.75, 3.05) is 13.6 Å². The van der Waals surface area contributed by atoms with Gasteiger partial charge in [-0.05, 0) is 25.2 Å². The summed E-state index contributed by atoms with van der Waals surface area (Å²) in [6.07, 6.45) is -1.61. The molecule has 1 fully saturated rings. The molecule has 1 aliphatic rings. The Labute approximate surface area is 93.0 Å². The summed E-state index contributed by atoms with van der Waals surface area (Å²) in [6, 6.07) is -0.616. The van der Waals surface area contributed by atoms with Crippen LogP contribution in [0.15, 0.2) is 0 Å². The first kappa shape index (κ1) is 13.1. The van der Waals surface area contributed by atoms with Crippen LogP contribution in [0, 0.1) is 5.92 Å². The third-order valence-corrected chi connectivity index (χ3v) is 2.79. The lowest BCUT2D eigenvalue weighted by atomic mass is 10.1. The van der Waals surface area contributed by atoms with Gasteiger partial charge in [-0.15, -0.1) is 0 Å². The van der Waals surface area contributed by atoms with Crippen LogP contribution >= 0.6 is 0 Å². The zero-order valence-corrected chi connectivity index (χ0v) is 9.47. The van der Waals surface area contributed by atoms with Crippen LogP contribution in [0.5, 0.6) is 0 Å². The van der Waals surface area contributed by atoms with Gasteiger partial charge in [0.1, 0.15) is 6.54 Å². The monoisotopic (exact) mass is 238 g/mol. The van der Waals surface area contributed by atoms with Crippen molar-refractivity contribution in [2.45, 2.75) is 38.4 Å². The standard InChI is InChI=1S/C10H17F3N2O/c1-7-3-4-8(5-7)14-9(16)15(2)6-10(11,12)13/h7-8H,3-6H2,1-2H3,(H,14,16). The quantitative estimate of drug-likeness (QED) is 0.787. The molecule has 2 unspecified atom stereocenters. The van der Waals surface area contributed by atoms with Crippen LogP contribution < -0.4 is 5.32 Å². The fourth-order valence-electron chi connectivity index (χ4n) is 1.96. The van der Waals surface area contributed by atoms with Crippen LogP contribution in [-0.4, -0.2) is 36.7 Å². The van der Waals surface area contributed by atoms with Gasteiger partial charge < -0.3 is 10.2 Å². The van der Waals surface area contributed by atoms with Gasteiger partial charge in [-0.3, -0.25) is 0 Å². The minimum absolute atomic E-state index is 0.0261. The van der Waals surface area contributed by atoms with Gasteiger partial charge in [0.15, 0.2) is 0 Å². The Morgan fingerprint density at radius 2 is 2.06 bits per heavy atom. The molecule has 1 saturated carbocycles. The van der Waals surface area contributed by atoms with Gasteiger partial charge in [0.25, 0.3) is 0 Å². The predicted octanol–water partition coefficient (Wildman–Crippen LogP) is 2.38. The topological polar surface area (TPSA) is 32.3 Å². The van der Waals surface area contributed by atoms with Crippen molar-refractivity contribution in [1.82, 2.24) is 10.2 Å². The maximum absolute atomic E-state index is 12.0. The Hall–Kier alpha value is -0.940. The number of hydrogen-bond donors (Lipinski definition) is 1. The third-order valence-electron chi connectivity index (χ3n) is 2.79. The van der Waals surface area contributed by atoms with E-state index in [-0.39, 0.29) is 6.04 Å². The van der Waals surface area contributed by atoms with E-state index in [4.69, 9.17) is 0 Å². The Bertz CT molecular complexity index is 255. The average Bonchev–Trinajstić information content (AvgIpc) is 2.48. The van der Waals surface area contributed by atoms with Crippen LogP contribution in [-0.2, 0) is 0 Å². The van der Waals surface area contributed by atoms with Gasteiger partial charge in [-0.1, -0.05) is 6.92 Å². The third kappa shape index (κ3) is 4.28. The predicted molar refractivity (Wildman–Crippen MR) is 54.0 cm³/mol. The van der Waals surface area contributed by atoms with Crippen LogP contribution in [0.4, 0.5) is 18.0 Å². The van der Waals surface area contributed by atoms with Gasteiger partial charge in [0, 0.05) is 13.1 Å². The molecule has 0 spiro atoms. The van der Waals surface area contributed by atoms with E-state index in [2.05, 4.69) is 12.2 Å². The first-order valence-corrected chi connectivity index (χ1v) is 5.36. The molecule has 3 nitrogen and oxygen atoms in total. The van der Waals surface area contributed by atoms with E-state index in [1.807, 2.05) is 0 Å². The molecular formula is C10H17F3N2O. The first-order chi connectivity index (χ1) is 7.28. The number of carbonyl (C=O) groups is 1.